The summed E-state index contributed by atoms with van der Waals surface area (Å²) in [5.74, 6) is 1.88. The number of ether oxygens (including phenoxy) is 2. The average Bonchev–Trinajstić information content (AvgIpc) is 3.35. The minimum atomic E-state index is -0.533. The third-order valence-electron chi connectivity index (χ3n) is 5.69. The summed E-state index contributed by atoms with van der Waals surface area (Å²) >= 11 is 0. The molecule has 0 saturated carbocycles. The minimum absolute atomic E-state index is 0.289. The molecular formula is C26H24N6O3. The molecule has 9 heteroatoms. The van der Waals surface area contributed by atoms with E-state index < -0.39 is 6.04 Å². The van der Waals surface area contributed by atoms with Crippen LogP contribution in [0.15, 0.2) is 90.5 Å². The van der Waals surface area contributed by atoms with Gasteiger partial charge < -0.3 is 20.1 Å². The Morgan fingerprint density at radius 3 is 2.66 bits per heavy atom. The fraction of sp³-hybridized carbons (Fsp3) is 0.154. The van der Waals surface area contributed by atoms with Gasteiger partial charge in [0.15, 0.2) is 11.5 Å². The van der Waals surface area contributed by atoms with Gasteiger partial charge in [-0.1, -0.05) is 42.5 Å². The quantitative estimate of drug-likeness (QED) is 0.419. The zero-order chi connectivity index (χ0) is 24.2. The number of hydrogen-bond acceptors (Lipinski definition) is 7. The first-order chi connectivity index (χ1) is 17.1. The van der Waals surface area contributed by atoms with Crippen LogP contribution < -0.4 is 20.1 Å². The molecule has 35 heavy (non-hydrogen) atoms. The van der Waals surface area contributed by atoms with Crippen LogP contribution in [0.5, 0.6) is 11.5 Å². The van der Waals surface area contributed by atoms with Crippen molar-refractivity contribution in [2.75, 3.05) is 17.7 Å². The maximum atomic E-state index is 13.4. The third kappa shape index (κ3) is 4.56. The lowest BCUT2D eigenvalue weighted by molar-refractivity contribution is -0.113. The monoisotopic (exact) mass is 468 g/mol. The van der Waals surface area contributed by atoms with Gasteiger partial charge in [-0.05, 0) is 42.3 Å². The second kappa shape index (κ2) is 9.68. The topological polar surface area (TPSA) is 103 Å². The predicted octanol–water partition coefficient (Wildman–Crippen LogP) is 4.19. The lowest BCUT2D eigenvalue weighted by Gasteiger charge is -2.29. The second-order valence-corrected chi connectivity index (χ2v) is 7.95. The van der Waals surface area contributed by atoms with Gasteiger partial charge in [0, 0.05) is 11.9 Å². The number of nitrogens with one attached hydrogen (secondary N) is 2. The van der Waals surface area contributed by atoms with Crippen molar-refractivity contribution in [3.63, 3.8) is 0 Å². The summed E-state index contributed by atoms with van der Waals surface area (Å²) in [6.45, 7) is 2.25. The first-order valence-electron chi connectivity index (χ1n) is 11.1. The SMILES string of the molecule is COc1cc([C@H]2C(C(=O)Nc3ccccn3)=C(C)Nc3ncnn32)ccc1OCc1ccccc1. The molecule has 1 amide bonds. The van der Waals surface area contributed by atoms with Gasteiger partial charge >= 0.3 is 0 Å². The molecule has 0 aliphatic carbocycles. The van der Waals surface area contributed by atoms with Crippen LogP contribution in [0.3, 0.4) is 0 Å². The smallest absolute Gasteiger partial charge is 0.257 e. The molecule has 2 aromatic heterocycles. The molecule has 0 bridgehead atoms. The molecule has 1 aliphatic heterocycles. The molecule has 0 radical (unpaired) electrons. The van der Waals surface area contributed by atoms with Gasteiger partial charge in [0.05, 0.1) is 12.7 Å². The van der Waals surface area contributed by atoms with E-state index in [1.54, 1.807) is 30.1 Å². The van der Waals surface area contributed by atoms with Gasteiger partial charge in [-0.2, -0.15) is 10.1 Å². The molecule has 3 heterocycles. The van der Waals surface area contributed by atoms with Gasteiger partial charge in [-0.3, -0.25) is 4.79 Å². The zero-order valence-electron chi connectivity index (χ0n) is 19.3. The van der Waals surface area contributed by atoms with E-state index in [2.05, 4.69) is 25.7 Å². The number of rotatable bonds is 7. The molecule has 5 rings (SSSR count). The van der Waals surface area contributed by atoms with E-state index in [1.807, 2.05) is 61.5 Å². The van der Waals surface area contributed by atoms with Crippen molar-refractivity contribution in [2.45, 2.75) is 19.6 Å². The fourth-order valence-electron chi connectivity index (χ4n) is 4.02. The van der Waals surface area contributed by atoms with Crippen molar-refractivity contribution in [3.8, 4) is 11.5 Å². The second-order valence-electron chi connectivity index (χ2n) is 7.95. The summed E-state index contributed by atoms with van der Waals surface area (Å²) in [4.78, 5) is 21.9. The number of anilines is 2. The number of nitrogens with zero attached hydrogens (tertiary/aromatic N) is 4. The summed E-state index contributed by atoms with van der Waals surface area (Å²) in [6.07, 6.45) is 3.08. The Hall–Kier alpha value is -4.66. The van der Waals surface area contributed by atoms with E-state index in [4.69, 9.17) is 9.47 Å². The van der Waals surface area contributed by atoms with Crippen LogP contribution in [0.2, 0.25) is 0 Å². The van der Waals surface area contributed by atoms with Gasteiger partial charge in [0.25, 0.3) is 5.91 Å². The minimum Gasteiger partial charge on any atom is -0.493 e. The molecule has 176 valence electrons. The number of aromatic nitrogens is 4. The molecule has 0 fully saturated rings. The Morgan fingerprint density at radius 1 is 1.06 bits per heavy atom. The average molecular weight is 469 g/mol. The largest absolute Gasteiger partial charge is 0.493 e. The van der Waals surface area contributed by atoms with E-state index in [0.717, 1.165) is 11.1 Å². The first kappa shape index (κ1) is 22.1. The highest BCUT2D eigenvalue weighted by molar-refractivity contribution is 6.05. The lowest BCUT2D eigenvalue weighted by atomic mass is 9.94. The van der Waals surface area contributed by atoms with Crippen molar-refractivity contribution in [1.82, 2.24) is 19.7 Å². The van der Waals surface area contributed by atoms with Crippen LogP contribution in [0.1, 0.15) is 24.1 Å². The summed E-state index contributed by atoms with van der Waals surface area (Å²) in [7, 11) is 1.59. The molecule has 2 aromatic carbocycles. The molecule has 9 nitrogen and oxygen atoms in total. The summed E-state index contributed by atoms with van der Waals surface area (Å²) in [5, 5.41) is 10.4. The van der Waals surface area contributed by atoms with Crippen molar-refractivity contribution < 1.29 is 14.3 Å². The Balaban J connectivity index is 1.48. The van der Waals surface area contributed by atoms with Crippen molar-refractivity contribution >= 4 is 17.7 Å². The van der Waals surface area contributed by atoms with Crippen molar-refractivity contribution in [3.05, 3.63) is 102 Å². The predicted molar refractivity (Wildman–Crippen MR) is 131 cm³/mol. The van der Waals surface area contributed by atoms with E-state index in [1.165, 1.54) is 6.33 Å². The Morgan fingerprint density at radius 2 is 1.89 bits per heavy atom. The van der Waals surface area contributed by atoms with E-state index >= 15 is 0 Å². The third-order valence-corrected chi connectivity index (χ3v) is 5.69. The summed E-state index contributed by atoms with van der Waals surface area (Å²) in [6, 6.07) is 20.3. The normalized spacial score (nSPS) is 14.6. The zero-order valence-corrected chi connectivity index (χ0v) is 19.3. The van der Waals surface area contributed by atoms with E-state index in [-0.39, 0.29) is 5.91 Å². The number of methoxy groups -OCH3 is 1. The molecule has 1 atom stereocenters. The number of fused-ring (bicyclic) bond motifs is 1. The number of carbonyl (C=O) groups is 1. The van der Waals surface area contributed by atoms with Crippen LogP contribution >= 0.6 is 0 Å². The Bertz CT molecular complexity index is 1370. The van der Waals surface area contributed by atoms with E-state index in [0.29, 0.717) is 41.1 Å². The number of hydrogen-bond donors (Lipinski definition) is 2. The number of amides is 1. The highest BCUT2D eigenvalue weighted by atomic mass is 16.5. The van der Waals surface area contributed by atoms with Crippen LogP contribution in [0, 0.1) is 0 Å². The number of benzene rings is 2. The maximum Gasteiger partial charge on any atom is 0.257 e. The molecule has 1 aliphatic rings. The molecule has 0 unspecified atom stereocenters. The van der Waals surface area contributed by atoms with Gasteiger partial charge in [0.1, 0.15) is 24.8 Å². The van der Waals surface area contributed by atoms with E-state index in [9.17, 15) is 4.79 Å². The lowest BCUT2D eigenvalue weighted by Crippen LogP contribution is -2.31. The Kier molecular flexibility index (Phi) is 6.13. The van der Waals surface area contributed by atoms with Crippen LogP contribution in [-0.2, 0) is 11.4 Å². The molecule has 2 N–H and O–H groups in total. The van der Waals surface area contributed by atoms with Crippen LogP contribution in [0.4, 0.5) is 11.8 Å². The number of carbonyl (C=O) groups excluding carboxylic acids is 1. The van der Waals surface area contributed by atoms with Crippen molar-refractivity contribution in [2.24, 2.45) is 0 Å². The summed E-state index contributed by atoms with van der Waals surface area (Å²) < 4.78 is 13.3. The fourth-order valence-corrected chi connectivity index (χ4v) is 4.02. The number of pyridine rings is 1. The highest BCUT2D eigenvalue weighted by Gasteiger charge is 2.34. The first-order valence-corrected chi connectivity index (χ1v) is 11.1. The van der Waals surface area contributed by atoms with Gasteiger partial charge in [-0.15, -0.1) is 0 Å². The standard InChI is InChI=1S/C26H24N6O3/c1-17-23(25(33)31-22-10-6-7-13-27-22)24(32-26(30-17)28-16-29-32)19-11-12-20(21(14-19)34-2)35-15-18-8-4-3-5-9-18/h3-14,16,24H,15H2,1-2H3,(H,27,31,33)(H,28,29,30)/t24-/m0/s1. The maximum absolute atomic E-state index is 13.4. The van der Waals surface area contributed by atoms with Crippen LogP contribution in [0.25, 0.3) is 0 Å². The molecule has 0 spiro atoms. The molecular weight excluding hydrogens is 444 g/mol. The van der Waals surface area contributed by atoms with Gasteiger partial charge in [0.2, 0.25) is 5.95 Å². The Labute approximate surface area is 202 Å². The molecule has 0 saturated heterocycles. The number of allylic oxidation sites excluding steroid dienone is 1. The van der Waals surface area contributed by atoms with Crippen LogP contribution in [-0.4, -0.2) is 32.8 Å². The highest BCUT2D eigenvalue weighted by Crippen LogP contribution is 2.39. The molecule has 4 aromatic rings. The van der Waals surface area contributed by atoms with Crippen molar-refractivity contribution in [1.29, 1.82) is 0 Å². The summed E-state index contributed by atoms with van der Waals surface area (Å²) in [5.41, 5.74) is 3.02. The van der Waals surface area contributed by atoms with Gasteiger partial charge in [-0.25, -0.2) is 9.67 Å².